The zero-order chi connectivity index (χ0) is 15.7. The second kappa shape index (κ2) is 5.73. The number of carbonyl (C=O) groups is 1. The van der Waals surface area contributed by atoms with E-state index in [2.05, 4.69) is 43.3 Å². The van der Waals surface area contributed by atoms with Gasteiger partial charge in [0.1, 0.15) is 6.42 Å². The molecule has 1 unspecified atom stereocenters. The summed E-state index contributed by atoms with van der Waals surface area (Å²) in [6.45, 7) is 1.55. The Bertz CT molecular complexity index is 609. The lowest BCUT2D eigenvalue weighted by Crippen LogP contribution is -2.44. The topological polar surface area (TPSA) is 47.3 Å². The van der Waals surface area contributed by atoms with Gasteiger partial charge in [-0.25, -0.2) is 0 Å². The van der Waals surface area contributed by atoms with Crippen molar-refractivity contribution in [3.05, 3.63) is 35.4 Å². The van der Waals surface area contributed by atoms with Crippen LogP contribution in [-0.4, -0.2) is 42.9 Å². The van der Waals surface area contributed by atoms with E-state index in [0.29, 0.717) is 6.04 Å². The fourth-order valence-electron chi connectivity index (χ4n) is 4.16. The Morgan fingerprint density at radius 3 is 2.68 bits per heavy atom. The fraction of sp³-hybridized carbons (Fsp3) is 0.556. The molecule has 116 valence electrons. The number of fused-ring (bicyclic) bond motifs is 2. The van der Waals surface area contributed by atoms with E-state index >= 15 is 0 Å². The van der Waals surface area contributed by atoms with Crippen molar-refractivity contribution in [2.45, 2.75) is 37.1 Å². The maximum Gasteiger partial charge on any atom is 0.236 e. The molecule has 2 aliphatic rings. The first-order valence-electron chi connectivity index (χ1n) is 7.98. The maximum atomic E-state index is 11.9. The molecular formula is C18H23N3O. The first kappa shape index (κ1) is 15.1. The van der Waals surface area contributed by atoms with Gasteiger partial charge in [0, 0.05) is 24.5 Å². The molecule has 0 bridgehead atoms. The first-order valence-corrected chi connectivity index (χ1v) is 7.98. The van der Waals surface area contributed by atoms with Gasteiger partial charge in [0.15, 0.2) is 0 Å². The van der Waals surface area contributed by atoms with E-state index in [9.17, 15) is 4.79 Å². The highest BCUT2D eigenvalue weighted by atomic mass is 16.2. The zero-order valence-electron chi connectivity index (χ0n) is 13.4. The summed E-state index contributed by atoms with van der Waals surface area (Å²) in [7, 11) is 4.29. The number of benzene rings is 1. The van der Waals surface area contributed by atoms with Gasteiger partial charge in [-0.1, -0.05) is 24.3 Å². The van der Waals surface area contributed by atoms with Crippen LogP contribution in [0.3, 0.4) is 0 Å². The van der Waals surface area contributed by atoms with Gasteiger partial charge < -0.3 is 9.80 Å². The molecule has 1 saturated heterocycles. The van der Waals surface area contributed by atoms with Crippen molar-refractivity contribution >= 4 is 5.91 Å². The molecule has 0 N–H and O–H groups in total. The molecule has 1 aromatic carbocycles. The largest absolute Gasteiger partial charge is 0.342 e. The summed E-state index contributed by atoms with van der Waals surface area (Å²) in [6, 6.07) is 11.2. The molecule has 1 atom stereocenters. The van der Waals surface area contributed by atoms with Crippen LogP contribution in [0.2, 0.25) is 0 Å². The summed E-state index contributed by atoms with van der Waals surface area (Å²) in [5.41, 5.74) is 3.12. The molecule has 0 aromatic heterocycles. The number of nitriles is 1. The number of hydrogen-bond donors (Lipinski definition) is 0. The highest BCUT2D eigenvalue weighted by molar-refractivity contribution is 5.78. The minimum absolute atomic E-state index is 0.00388. The number of carbonyl (C=O) groups excluding carboxylic acids is 1. The highest BCUT2D eigenvalue weighted by Crippen LogP contribution is 2.52. The normalized spacial score (nSPS) is 22.6. The lowest BCUT2D eigenvalue weighted by molar-refractivity contribution is -0.131. The van der Waals surface area contributed by atoms with Gasteiger partial charge in [-0.3, -0.25) is 4.79 Å². The predicted molar refractivity (Wildman–Crippen MR) is 85.2 cm³/mol. The predicted octanol–water partition coefficient (Wildman–Crippen LogP) is 2.47. The van der Waals surface area contributed by atoms with Crippen molar-refractivity contribution in [2.75, 3.05) is 27.2 Å². The Morgan fingerprint density at radius 2 is 2.05 bits per heavy atom. The molecule has 0 saturated carbocycles. The minimum atomic E-state index is -0.0206. The van der Waals surface area contributed by atoms with Crippen LogP contribution in [-0.2, 0) is 10.2 Å². The third-order valence-electron chi connectivity index (χ3n) is 5.40. The third kappa shape index (κ3) is 2.40. The quantitative estimate of drug-likeness (QED) is 0.842. The van der Waals surface area contributed by atoms with Crippen molar-refractivity contribution in [1.82, 2.24) is 9.80 Å². The SMILES string of the molecule is CN(C)C1CC2(CCN(C(=O)CC#N)CC2)c2ccccc21. The lowest BCUT2D eigenvalue weighted by Gasteiger charge is -2.40. The van der Waals surface area contributed by atoms with Gasteiger partial charge in [-0.2, -0.15) is 5.26 Å². The molecule has 1 amide bonds. The molecule has 1 heterocycles. The summed E-state index contributed by atoms with van der Waals surface area (Å²) < 4.78 is 0. The van der Waals surface area contributed by atoms with Crippen molar-refractivity contribution in [3.8, 4) is 6.07 Å². The van der Waals surface area contributed by atoms with Gasteiger partial charge in [0.25, 0.3) is 0 Å². The van der Waals surface area contributed by atoms with E-state index in [0.717, 1.165) is 32.4 Å². The number of amides is 1. The minimum Gasteiger partial charge on any atom is -0.342 e. The summed E-state index contributed by atoms with van der Waals surface area (Å²) >= 11 is 0. The van der Waals surface area contributed by atoms with Crippen LogP contribution in [0.25, 0.3) is 0 Å². The molecular weight excluding hydrogens is 274 g/mol. The fourth-order valence-corrected chi connectivity index (χ4v) is 4.16. The monoisotopic (exact) mass is 297 g/mol. The van der Waals surface area contributed by atoms with Crippen molar-refractivity contribution in [3.63, 3.8) is 0 Å². The van der Waals surface area contributed by atoms with E-state index in [1.54, 1.807) is 0 Å². The standard InChI is InChI=1S/C18H23N3O/c1-20(2)16-13-18(15-6-4-3-5-14(15)16)8-11-21(12-9-18)17(22)7-10-19/h3-6,16H,7-9,11-13H2,1-2H3. The van der Waals surface area contributed by atoms with Crippen LogP contribution >= 0.6 is 0 Å². The van der Waals surface area contributed by atoms with Crippen LogP contribution < -0.4 is 0 Å². The summed E-state index contributed by atoms with van der Waals surface area (Å²) in [4.78, 5) is 16.1. The van der Waals surface area contributed by atoms with Crippen LogP contribution in [0.15, 0.2) is 24.3 Å². The summed E-state index contributed by atoms with van der Waals surface area (Å²) in [6.07, 6.45) is 3.15. The average Bonchev–Trinajstić information content (AvgIpc) is 2.84. The van der Waals surface area contributed by atoms with E-state index in [4.69, 9.17) is 5.26 Å². The number of likely N-dealkylation sites (tertiary alicyclic amines) is 1. The van der Waals surface area contributed by atoms with Gasteiger partial charge in [0.2, 0.25) is 5.91 Å². The summed E-state index contributed by atoms with van der Waals surface area (Å²) in [5.74, 6) is -0.0206. The number of rotatable bonds is 2. The smallest absolute Gasteiger partial charge is 0.236 e. The van der Waals surface area contributed by atoms with Gasteiger partial charge in [-0.15, -0.1) is 0 Å². The Balaban J connectivity index is 1.82. The second-order valence-corrected chi connectivity index (χ2v) is 6.77. The molecule has 3 rings (SSSR count). The van der Waals surface area contributed by atoms with Gasteiger partial charge >= 0.3 is 0 Å². The first-order chi connectivity index (χ1) is 10.6. The Morgan fingerprint density at radius 1 is 1.36 bits per heavy atom. The summed E-state index contributed by atoms with van der Waals surface area (Å²) in [5, 5.41) is 8.70. The van der Waals surface area contributed by atoms with E-state index in [1.165, 1.54) is 11.1 Å². The Kier molecular flexibility index (Phi) is 3.92. The molecule has 1 aromatic rings. The molecule has 4 heteroatoms. The Hall–Kier alpha value is -1.86. The molecule has 4 nitrogen and oxygen atoms in total. The molecule has 1 spiro atoms. The van der Waals surface area contributed by atoms with E-state index < -0.39 is 0 Å². The lowest BCUT2D eigenvalue weighted by atomic mass is 9.73. The van der Waals surface area contributed by atoms with E-state index in [1.807, 2.05) is 11.0 Å². The molecule has 22 heavy (non-hydrogen) atoms. The second-order valence-electron chi connectivity index (χ2n) is 6.77. The van der Waals surface area contributed by atoms with Crippen LogP contribution in [0, 0.1) is 11.3 Å². The zero-order valence-corrected chi connectivity index (χ0v) is 13.4. The van der Waals surface area contributed by atoms with Gasteiger partial charge in [-0.05, 0) is 44.5 Å². The van der Waals surface area contributed by atoms with Crippen LogP contribution in [0.1, 0.15) is 42.9 Å². The molecule has 1 aliphatic heterocycles. The highest BCUT2D eigenvalue weighted by Gasteiger charge is 2.46. The third-order valence-corrected chi connectivity index (χ3v) is 5.40. The maximum absolute atomic E-state index is 11.9. The molecule has 1 aliphatic carbocycles. The van der Waals surface area contributed by atoms with Crippen LogP contribution in [0.4, 0.5) is 0 Å². The van der Waals surface area contributed by atoms with Crippen LogP contribution in [0.5, 0.6) is 0 Å². The van der Waals surface area contributed by atoms with Crippen molar-refractivity contribution in [1.29, 1.82) is 5.26 Å². The number of piperidine rings is 1. The Labute approximate surface area is 132 Å². The molecule has 0 radical (unpaired) electrons. The average molecular weight is 297 g/mol. The van der Waals surface area contributed by atoms with Gasteiger partial charge in [0.05, 0.1) is 6.07 Å². The van der Waals surface area contributed by atoms with Crippen molar-refractivity contribution < 1.29 is 4.79 Å². The van der Waals surface area contributed by atoms with E-state index in [-0.39, 0.29) is 17.7 Å². The number of hydrogen-bond acceptors (Lipinski definition) is 3. The van der Waals surface area contributed by atoms with Crippen molar-refractivity contribution in [2.24, 2.45) is 0 Å². The molecule has 1 fully saturated rings. The number of nitrogens with zero attached hydrogens (tertiary/aromatic N) is 3.